The molecule has 1 aromatic carbocycles. The molecule has 6 heteroatoms. The minimum atomic E-state index is 0.620. The fourth-order valence-corrected chi connectivity index (χ4v) is 2.96. The summed E-state index contributed by atoms with van der Waals surface area (Å²) >= 11 is 0. The smallest absolute Gasteiger partial charge is 0.191 e. The zero-order valence-electron chi connectivity index (χ0n) is 16.8. The highest BCUT2D eigenvalue weighted by molar-refractivity contribution is 5.79. The lowest BCUT2D eigenvalue weighted by Gasteiger charge is -2.13. The first-order chi connectivity index (χ1) is 12.5. The number of nitrogens with zero attached hydrogens (tertiary/aromatic N) is 3. The number of methoxy groups -OCH3 is 1. The van der Waals surface area contributed by atoms with Crippen LogP contribution in [0.1, 0.15) is 35.0 Å². The van der Waals surface area contributed by atoms with Crippen molar-refractivity contribution < 1.29 is 4.74 Å². The Morgan fingerprint density at radius 3 is 2.62 bits per heavy atom. The van der Waals surface area contributed by atoms with Crippen LogP contribution in [0.2, 0.25) is 0 Å². The third kappa shape index (κ3) is 5.00. The summed E-state index contributed by atoms with van der Waals surface area (Å²) in [6.07, 6.45) is 0.875. The number of ether oxygens (including phenoxy) is 1. The van der Waals surface area contributed by atoms with Crippen LogP contribution < -0.4 is 15.4 Å². The van der Waals surface area contributed by atoms with Crippen molar-refractivity contribution in [2.24, 2.45) is 12.0 Å². The average molecular weight is 358 g/mol. The molecule has 0 radical (unpaired) electrons. The second kappa shape index (κ2) is 9.27. The predicted octanol–water partition coefficient (Wildman–Crippen LogP) is 2.65. The molecule has 0 aliphatic heterocycles. The zero-order valence-corrected chi connectivity index (χ0v) is 16.8. The molecule has 0 atom stereocenters. The van der Waals surface area contributed by atoms with Crippen LogP contribution in [0.3, 0.4) is 0 Å². The van der Waals surface area contributed by atoms with E-state index >= 15 is 0 Å². The molecule has 0 fully saturated rings. The number of guanidine groups is 1. The third-order valence-corrected chi connectivity index (χ3v) is 4.52. The summed E-state index contributed by atoms with van der Waals surface area (Å²) in [5.74, 6) is 1.75. The van der Waals surface area contributed by atoms with E-state index in [-0.39, 0.29) is 0 Å². The van der Waals surface area contributed by atoms with Crippen molar-refractivity contribution in [3.05, 3.63) is 46.3 Å². The Labute approximate surface area is 156 Å². The zero-order chi connectivity index (χ0) is 19.1. The molecule has 2 aromatic rings. The van der Waals surface area contributed by atoms with Crippen molar-refractivity contribution >= 4 is 5.96 Å². The highest BCUT2D eigenvalue weighted by atomic mass is 16.5. The summed E-state index contributed by atoms with van der Waals surface area (Å²) in [5, 5.41) is 11.2. The van der Waals surface area contributed by atoms with E-state index in [4.69, 9.17) is 9.73 Å². The maximum Gasteiger partial charge on any atom is 0.191 e. The van der Waals surface area contributed by atoms with E-state index in [1.165, 1.54) is 16.7 Å². The van der Waals surface area contributed by atoms with E-state index < -0.39 is 0 Å². The first-order valence-electron chi connectivity index (χ1n) is 9.11. The summed E-state index contributed by atoms with van der Waals surface area (Å²) in [6, 6.07) is 6.27. The topological polar surface area (TPSA) is 63.5 Å². The molecule has 0 saturated carbocycles. The molecule has 142 valence electrons. The molecule has 26 heavy (non-hydrogen) atoms. The van der Waals surface area contributed by atoms with E-state index in [1.807, 2.05) is 24.7 Å². The Morgan fingerprint density at radius 2 is 2.00 bits per heavy atom. The van der Waals surface area contributed by atoms with Gasteiger partial charge in [0.25, 0.3) is 0 Å². The molecule has 1 heterocycles. The minimum Gasteiger partial charge on any atom is -0.496 e. The van der Waals surface area contributed by atoms with Crippen molar-refractivity contribution in [3.8, 4) is 5.75 Å². The molecule has 0 aliphatic rings. The lowest BCUT2D eigenvalue weighted by atomic mass is 10.1. The lowest BCUT2D eigenvalue weighted by Crippen LogP contribution is -2.38. The van der Waals surface area contributed by atoms with Crippen LogP contribution in [0.4, 0.5) is 0 Å². The van der Waals surface area contributed by atoms with Crippen molar-refractivity contribution in [1.82, 2.24) is 20.4 Å². The van der Waals surface area contributed by atoms with Gasteiger partial charge in [0, 0.05) is 31.4 Å². The SMILES string of the molecule is CCNC(=NCc1c(C)nn(C)c1C)NCCc1cc(C)ccc1OC. The number of hydrogen-bond acceptors (Lipinski definition) is 3. The molecular weight excluding hydrogens is 326 g/mol. The number of aliphatic imine (C=N–C) groups is 1. The van der Waals surface area contributed by atoms with Crippen LogP contribution in [0, 0.1) is 20.8 Å². The molecule has 1 aromatic heterocycles. The molecule has 0 aliphatic carbocycles. The molecule has 6 nitrogen and oxygen atoms in total. The fraction of sp³-hybridized carbons (Fsp3) is 0.500. The first kappa shape index (κ1) is 19.8. The van der Waals surface area contributed by atoms with E-state index in [1.54, 1.807) is 7.11 Å². The van der Waals surface area contributed by atoms with Gasteiger partial charge in [-0.05, 0) is 45.7 Å². The maximum atomic E-state index is 5.46. The monoisotopic (exact) mass is 357 g/mol. The summed E-state index contributed by atoms with van der Waals surface area (Å²) in [7, 11) is 3.68. The quantitative estimate of drug-likeness (QED) is 0.591. The molecule has 2 N–H and O–H groups in total. The van der Waals surface area contributed by atoms with Crippen LogP contribution in [0.25, 0.3) is 0 Å². The Bertz CT molecular complexity index is 764. The van der Waals surface area contributed by atoms with Crippen LogP contribution in [0.15, 0.2) is 23.2 Å². The summed E-state index contributed by atoms with van der Waals surface area (Å²) in [4.78, 5) is 4.72. The normalized spacial score (nSPS) is 11.5. The maximum absolute atomic E-state index is 5.46. The molecule has 2 rings (SSSR count). The highest BCUT2D eigenvalue weighted by Gasteiger charge is 2.09. The number of rotatable bonds is 7. The molecule has 0 amide bonds. The van der Waals surface area contributed by atoms with Crippen molar-refractivity contribution in [2.45, 2.75) is 40.7 Å². The van der Waals surface area contributed by atoms with Gasteiger partial charge >= 0.3 is 0 Å². The number of aromatic nitrogens is 2. The Kier molecular flexibility index (Phi) is 7.06. The standard InChI is InChI=1S/C20H31N5O/c1-7-21-20(23-13-18-15(3)24-25(5)16(18)4)22-11-10-17-12-14(2)8-9-19(17)26-6/h8-9,12H,7,10-11,13H2,1-6H3,(H2,21,22,23). The predicted molar refractivity (Wildman–Crippen MR) is 107 cm³/mol. The van der Waals surface area contributed by atoms with Crippen LogP contribution in [-0.2, 0) is 20.0 Å². The van der Waals surface area contributed by atoms with Gasteiger partial charge in [-0.3, -0.25) is 4.68 Å². The Hall–Kier alpha value is -2.50. The van der Waals surface area contributed by atoms with Gasteiger partial charge in [0.05, 0.1) is 19.3 Å². The summed E-state index contributed by atoms with van der Waals surface area (Å²) < 4.78 is 7.36. The highest BCUT2D eigenvalue weighted by Crippen LogP contribution is 2.19. The van der Waals surface area contributed by atoms with Gasteiger partial charge in [0.2, 0.25) is 0 Å². The van der Waals surface area contributed by atoms with Gasteiger partial charge in [-0.1, -0.05) is 17.7 Å². The molecule has 0 saturated heterocycles. The van der Waals surface area contributed by atoms with Crippen molar-refractivity contribution in [2.75, 3.05) is 20.2 Å². The van der Waals surface area contributed by atoms with Crippen LogP contribution in [-0.4, -0.2) is 35.9 Å². The third-order valence-electron chi connectivity index (χ3n) is 4.52. The van der Waals surface area contributed by atoms with Gasteiger partial charge < -0.3 is 15.4 Å². The van der Waals surface area contributed by atoms with E-state index in [0.29, 0.717) is 6.54 Å². The van der Waals surface area contributed by atoms with E-state index in [0.717, 1.165) is 42.6 Å². The number of benzene rings is 1. The van der Waals surface area contributed by atoms with Gasteiger partial charge in [-0.25, -0.2) is 4.99 Å². The van der Waals surface area contributed by atoms with Gasteiger partial charge in [0.1, 0.15) is 5.75 Å². The molecule has 0 bridgehead atoms. The van der Waals surface area contributed by atoms with Crippen LogP contribution in [0.5, 0.6) is 5.75 Å². The summed E-state index contributed by atoms with van der Waals surface area (Å²) in [5.41, 5.74) is 5.82. The van der Waals surface area contributed by atoms with Gasteiger partial charge in [-0.15, -0.1) is 0 Å². The lowest BCUT2D eigenvalue weighted by molar-refractivity contribution is 0.409. The fourth-order valence-electron chi connectivity index (χ4n) is 2.96. The number of nitrogens with one attached hydrogen (secondary N) is 2. The van der Waals surface area contributed by atoms with Gasteiger partial charge in [-0.2, -0.15) is 5.10 Å². The molecular formula is C20H31N5O. The first-order valence-corrected chi connectivity index (χ1v) is 9.11. The van der Waals surface area contributed by atoms with Gasteiger partial charge in [0.15, 0.2) is 5.96 Å². The summed E-state index contributed by atoms with van der Waals surface area (Å²) in [6.45, 7) is 10.5. The minimum absolute atomic E-state index is 0.620. The molecule has 0 unspecified atom stereocenters. The average Bonchev–Trinajstić information content (AvgIpc) is 2.85. The van der Waals surface area contributed by atoms with Crippen molar-refractivity contribution in [1.29, 1.82) is 0 Å². The van der Waals surface area contributed by atoms with E-state index in [2.05, 4.69) is 48.6 Å². The number of hydrogen-bond donors (Lipinski definition) is 2. The Morgan fingerprint density at radius 1 is 1.23 bits per heavy atom. The second-order valence-corrected chi connectivity index (χ2v) is 6.46. The number of aryl methyl sites for hydroxylation is 3. The van der Waals surface area contributed by atoms with Crippen LogP contribution >= 0.6 is 0 Å². The largest absolute Gasteiger partial charge is 0.496 e. The Balaban J connectivity index is 2.01. The molecule has 0 spiro atoms. The van der Waals surface area contributed by atoms with Crippen molar-refractivity contribution in [3.63, 3.8) is 0 Å². The second-order valence-electron chi connectivity index (χ2n) is 6.46. The van der Waals surface area contributed by atoms with E-state index in [9.17, 15) is 0 Å².